The van der Waals surface area contributed by atoms with E-state index >= 15 is 0 Å². The van der Waals surface area contributed by atoms with Gasteiger partial charge in [0.2, 0.25) is 0 Å². The lowest BCUT2D eigenvalue weighted by Crippen LogP contribution is -2.55. The normalized spacial score (nSPS) is 22.9. The monoisotopic (exact) mass is 341 g/mol. The van der Waals surface area contributed by atoms with Crippen LogP contribution in [-0.4, -0.2) is 54.2 Å². The van der Waals surface area contributed by atoms with Gasteiger partial charge in [-0.3, -0.25) is 4.90 Å². The average Bonchev–Trinajstić information content (AvgIpc) is 2.44. The van der Waals surface area contributed by atoms with Crippen molar-refractivity contribution in [2.45, 2.75) is 25.4 Å². The summed E-state index contributed by atoms with van der Waals surface area (Å²) in [4.78, 5) is 4.77. The Morgan fingerprint density at radius 1 is 1.45 bits per heavy atom. The third-order valence-corrected chi connectivity index (χ3v) is 4.63. The maximum absolute atomic E-state index is 10.2. The van der Waals surface area contributed by atoms with Gasteiger partial charge < -0.3 is 15.7 Å². The minimum atomic E-state index is 0.217. The molecule has 0 bridgehead atoms. The van der Waals surface area contributed by atoms with Crippen LogP contribution in [0.3, 0.4) is 0 Å². The lowest BCUT2D eigenvalue weighted by molar-refractivity contribution is 0.0529. The van der Waals surface area contributed by atoms with E-state index in [1.54, 1.807) is 6.07 Å². The van der Waals surface area contributed by atoms with Gasteiger partial charge in [-0.1, -0.05) is 22.9 Å². The topological polar surface area (TPSA) is 52.7 Å². The van der Waals surface area contributed by atoms with E-state index in [-0.39, 0.29) is 6.04 Å². The summed E-state index contributed by atoms with van der Waals surface area (Å²) < 4.78 is 1.00. The Hall–Kier alpha value is -0.620. The van der Waals surface area contributed by atoms with Gasteiger partial charge in [0.25, 0.3) is 0 Å². The van der Waals surface area contributed by atoms with Gasteiger partial charge in [-0.25, -0.2) is 0 Å². The Kier molecular flexibility index (Phi) is 5.43. The predicted molar refractivity (Wildman–Crippen MR) is 85.9 cm³/mol. The molecular formula is C15H24BrN3O. The van der Waals surface area contributed by atoms with Gasteiger partial charge in [0.1, 0.15) is 5.75 Å². The summed E-state index contributed by atoms with van der Waals surface area (Å²) in [5, 5.41) is 10.2. The molecule has 4 nitrogen and oxygen atoms in total. The number of benzene rings is 1. The second kappa shape index (κ2) is 6.89. The number of phenols is 1. The number of phenolic OH excluding ortho intramolecular Hbond substituents is 1. The molecule has 2 unspecified atom stereocenters. The first-order chi connectivity index (χ1) is 9.56. The van der Waals surface area contributed by atoms with Crippen molar-refractivity contribution in [2.75, 3.05) is 33.2 Å². The zero-order valence-electron chi connectivity index (χ0n) is 12.2. The maximum atomic E-state index is 10.2. The Bertz CT molecular complexity index is 455. The van der Waals surface area contributed by atoms with Crippen LogP contribution < -0.4 is 5.73 Å². The van der Waals surface area contributed by atoms with Gasteiger partial charge in [-0.05, 0) is 31.7 Å². The largest absolute Gasteiger partial charge is 0.508 e. The van der Waals surface area contributed by atoms with Crippen LogP contribution in [-0.2, 0) is 0 Å². The number of nitrogens with zero attached hydrogens (tertiary/aromatic N) is 2. The quantitative estimate of drug-likeness (QED) is 0.881. The first-order valence-corrected chi connectivity index (χ1v) is 7.98. The molecule has 1 heterocycles. The van der Waals surface area contributed by atoms with Crippen molar-refractivity contribution in [3.8, 4) is 5.75 Å². The van der Waals surface area contributed by atoms with Gasteiger partial charge in [0.05, 0.1) is 0 Å². The summed E-state index contributed by atoms with van der Waals surface area (Å²) in [6, 6.07) is 6.22. The van der Waals surface area contributed by atoms with Crippen LogP contribution in [0, 0.1) is 0 Å². The van der Waals surface area contributed by atoms with Crippen molar-refractivity contribution in [3.05, 3.63) is 28.2 Å². The molecule has 0 aliphatic carbocycles. The first kappa shape index (κ1) is 15.8. The van der Waals surface area contributed by atoms with Crippen LogP contribution in [0.15, 0.2) is 22.7 Å². The van der Waals surface area contributed by atoms with E-state index in [0.29, 0.717) is 18.3 Å². The number of likely N-dealkylation sites (N-methyl/N-ethyl adjacent to an activating group) is 1. The molecule has 3 N–H and O–H groups in total. The van der Waals surface area contributed by atoms with E-state index in [2.05, 4.69) is 39.7 Å². The fourth-order valence-corrected chi connectivity index (χ4v) is 3.45. The molecule has 5 heteroatoms. The van der Waals surface area contributed by atoms with Gasteiger partial charge >= 0.3 is 0 Å². The maximum Gasteiger partial charge on any atom is 0.120 e. The van der Waals surface area contributed by atoms with Crippen molar-refractivity contribution < 1.29 is 5.11 Å². The summed E-state index contributed by atoms with van der Waals surface area (Å²) in [6.45, 7) is 5.83. The Morgan fingerprint density at radius 3 is 2.85 bits per heavy atom. The summed E-state index contributed by atoms with van der Waals surface area (Å²) in [5.41, 5.74) is 6.94. The van der Waals surface area contributed by atoms with Gasteiger partial charge in [0, 0.05) is 48.3 Å². The molecule has 1 saturated heterocycles. The number of hydrogen-bond acceptors (Lipinski definition) is 4. The first-order valence-electron chi connectivity index (χ1n) is 7.19. The van der Waals surface area contributed by atoms with Crippen LogP contribution in [0.25, 0.3) is 0 Å². The lowest BCUT2D eigenvalue weighted by atomic mass is 9.98. The molecule has 1 aromatic carbocycles. The summed E-state index contributed by atoms with van der Waals surface area (Å²) in [7, 11) is 2.14. The highest BCUT2D eigenvalue weighted by molar-refractivity contribution is 9.10. The summed E-state index contributed by atoms with van der Waals surface area (Å²) in [5.74, 6) is 0.370. The van der Waals surface area contributed by atoms with E-state index in [9.17, 15) is 5.11 Å². The van der Waals surface area contributed by atoms with Crippen LogP contribution in [0.2, 0.25) is 0 Å². The SMILES string of the molecule is CCC(c1cc(Br)ccc1O)N1CCN(C)CC1CN. The molecule has 2 atom stereocenters. The highest BCUT2D eigenvalue weighted by atomic mass is 79.9. The molecule has 112 valence electrons. The third-order valence-electron chi connectivity index (χ3n) is 4.14. The van der Waals surface area contributed by atoms with Crippen molar-refractivity contribution in [2.24, 2.45) is 5.73 Å². The Morgan fingerprint density at radius 2 is 2.20 bits per heavy atom. The van der Waals surface area contributed by atoms with E-state index in [0.717, 1.165) is 36.1 Å². The minimum Gasteiger partial charge on any atom is -0.508 e. The van der Waals surface area contributed by atoms with E-state index in [1.807, 2.05) is 12.1 Å². The zero-order chi connectivity index (χ0) is 14.7. The van der Waals surface area contributed by atoms with E-state index in [1.165, 1.54) is 0 Å². The van der Waals surface area contributed by atoms with Crippen molar-refractivity contribution in [1.82, 2.24) is 9.80 Å². The third kappa shape index (κ3) is 3.34. The van der Waals surface area contributed by atoms with Crippen molar-refractivity contribution in [3.63, 3.8) is 0 Å². The fraction of sp³-hybridized carbons (Fsp3) is 0.600. The molecule has 0 aromatic heterocycles. The van der Waals surface area contributed by atoms with E-state index in [4.69, 9.17) is 5.73 Å². The van der Waals surface area contributed by atoms with Crippen molar-refractivity contribution >= 4 is 15.9 Å². The zero-order valence-corrected chi connectivity index (χ0v) is 13.8. The van der Waals surface area contributed by atoms with Gasteiger partial charge in [-0.2, -0.15) is 0 Å². The molecule has 0 spiro atoms. The van der Waals surface area contributed by atoms with Crippen molar-refractivity contribution in [1.29, 1.82) is 0 Å². The number of rotatable bonds is 4. The molecule has 1 aromatic rings. The Balaban J connectivity index is 2.28. The smallest absolute Gasteiger partial charge is 0.120 e. The molecule has 1 aliphatic heterocycles. The lowest BCUT2D eigenvalue weighted by Gasteiger charge is -2.44. The summed E-state index contributed by atoms with van der Waals surface area (Å²) in [6.07, 6.45) is 0.963. The van der Waals surface area contributed by atoms with Crippen LogP contribution in [0.1, 0.15) is 24.9 Å². The highest BCUT2D eigenvalue weighted by Crippen LogP contribution is 2.35. The molecule has 0 amide bonds. The number of halogens is 1. The Labute approximate surface area is 129 Å². The number of nitrogens with two attached hydrogens (primary N) is 1. The molecule has 1 fully saturated rings. The van der Waals surface area contributed by atoms with Crippen LogP contribution >= 0.6 is 15.9 Å². The second-order valence-corrected chi connectivity index (χ2v) is 6.43. The van der Waals surface area contributed by atoms with Crippen LogP contribution in [0.4, 0.5) is 0 Å². The number of hydrogen-bond donors (Lipinski definition) is 2. The fourth-order valence-electron chi connectivity index (χ4n) is 3.07. The molecule has 20 heavy (non-hydrogen) atoms. The molecule has 2 rings (SSSR count). The highest BCUT2D eigenvalue weighted by Gasteiger charge is 2.31. The standard InChI is InChI=1S/C15H24BrN3O/c1-3-14(13-8-11(16)4-5-15(13)20)19-7-6-18(2)10-12(19)9-17/h4-5,8,12,14,20H,3,6-7,9-10,17H2,1-2H3. The number of piperazine rings is 1. The van der Waals surface area contributed by atoms with Gasteiger partial charge in [-0.15, -0.1) is 0 Å². The molecule has 0 radical (unpaired) electrons. The molecular weight excluding hydrogens is 318 g/mol. The average molecular weight is 342 g/mol. The predicted octanol–water partition coefficient (Wildman–Crippen LogP) is 2.18. The molecule has 0 saturated carbocycles. The van der Waals surface area contributed by atoms with E-state index < -0.39 is 0 Å². The summed E-state index contributed by atoms with van der Waals surface area (Å²) >= 11 is 3.50. The minimum absolute atomic E-state index is 0.217. The second-order valence-electron chi connectivity index (χ2n) is 5.52. The van der Waals surface area contributed by atoms with Crippen LogP contribution in [0.5, 0.6) is 5.75 Å². The molecule has 1 aliphatic rings. The van der Waals surface area contributed by atoms with Gasteiger partial charge in [0.15, 0.2) is 0 Å². The number of aromatic hydroxyl groups is 1.